The fourth-order valence-corrected chi connectivity index (χ4v) is 4.75. The fourth-order valence-electron chi connectivity index (χ4n) is 2.72. The van der Waals surface area contributed by atoms with E-state index >= 15 is 0 Å². The molecule has 0 bridgehead atoms. The Hall–Kier alpha value is -1.86. The van der Waals surface area contributed by atoms with Gasteiger partial charge in [-0.2, -0.15) is 0 Å². The first-order chi connectivity index (χ1) is 11.6. The third kappa shape index (κ3) is 3.06. The molecule has 1 atom stereocenters. The summed E-state index contributed by atoms with van der Waals surface area (Å²) in [5, 5.41) is 13.3. The van der Waals surface area contributed by atoms with E-state index < -0.39 is 0 Å². The highest BCUT2D eigenvalue weighted by Gasteiger charge is 2.25. The normalized spacial score (nSPS) is 15.6. The quantitative estimate of drug-likeness (QED) is 0.509. The number of nitrogens with one attached hydrogen (secondary N) is 2. The molecule has 1 fully saturated rings. The molecular formula is C17H18N4OS2. The summed E-state index contributed by atoms with van der Waals surface area (Å²) in [6, 6.07) is 8.48. The van der Waals surface area contributed by atoms with Crippen LogP contribution in [0.1, 0.15) is 35.8 Å². The fraction of sp³-hybridized carbons (Fsp3) is 0.353. The van der Waals surface area contributed by atoms with E-state index in [0.717, 1.165) is 31.6 Å². The molecule has 0 radical (unpaired) electrons. The Morgan fingerprint density at radius 2 is 2.17 bits per heavy atom. The van der Waals surface area contributed by atoms with E-state index in [2.05, 4.69) is 20.5 Å². The van der Waals surface area contributed by atoms with Crippen LogP contribution in [0.25, 0.3) is 10.9 Å². The molecule has 3 aromatic rings. The van der Waals surface area contributed by atoms with Gasteiger partial charge in [-0.05, 0) is 32.8 Å². The number of para-hydroxylation sites is 1. The summed E-state index contributed by atoms with van der Waals surface area (Å²) in [6.07, 6.45) is 2.41. The predicted molar refractivity (Wildman–Crippen MR) is 99.2 cm³/mol. The van der Waals surface area contributed by atoms with Crippen molar-refractivity contribution in [3.63, 3.8) is 0 Å². The highest BCUT2D eigenvalue weighted by atomic mass is 32.2. The molecule has 7 heteroatoms. The van der Waals surface area contributed by atoms with Gasteiger partial charge in [0.2, 0.25) is 5.13 Å². The highest BCUT2D eigenvalue weighted by Crippen LogP contribution is 2.34. The number of aromatic nitrogens is 3. The zero-order chi connectivity index (χ0) is 16.7. The molecule has 0 spiro atoms. The molecule has 124 valence electrons. The number of H-pyrrole nitrogens is 1. The SMILES string of the molecule is Cc1[nH]c2ccccc2c1C(=O)[C@@H](C)Sc1nnc(NC2CC2)s1. The van der Waals surface area contributed by atoms with Crippen molar-refractivity contribution in [1.29, 1.82) is 0 Å². The zero-order valence-electron chi connectivity index (χ0n) is 13.5. The smallest absolute Gasteiger partial charge is 0.206 e. The van der Waals surface area contributed by atoms with E-state index in [1.165, 1.54) is 35.9 Å². The van der Waals surface area contributed by atoms with Crippen LogP contribution in [0.2, 0.25) is 0 Å². The summed E-state index contributed by atoms with van der Waals surface area (Å²) in [5.41, 5.74) is 2.70. The number of hydrogen-bond acceptors (Lipinski definition) is 6. The maximum atomic E-state index is 12.9. The molecule has 4 rings (SSSR count). The van der Waals surface area contributed by atoms with Gasteiger partial charge in [0.15, 0.2) is 10.1 Å². The second-order valence-electron chi connectivity index (χ2n) is 6.09. The lowest BCUT2D eigenvalue weighted by atomic mass is 10.1. The van der Waals surface area contributed by atoms with Crippen LogP contribution in [0.15, 0.2) is 28.6 Å². The summed E-state index contributed by atoms with van der Waals surface area (Å²) in [4.78, 5) is 16.2. The van der Waals surface area contributed by atoms with Crippen LogP contribution in [0.4, 0.5) is 5.13 Å². The lowest BCUT2D eigenvalue weighted by Crippen LogP contribution is -2.14. The average Bonchev–Trinajstić information content (AvgIpc) is 3.16. The van der Waals surface area contributed by atoms with Gasteiger partial charge in [0, 0.05) is 28.2 Å². The van der Waals surface area contributed by atoms with Crippen molar-refractivity contribution < 1.29 is 4.79 Å². The van der Waals surface area contributed by atoms with Crippen molar-refractivity contribution in [1.82, 2.24) is 15.2 Å². The maximum absolute atomic E-state index is 12.9. The molecule has 5 nitrogen and oxygen atoms in total. The second kappa shape index (κ2) is 6.22. The Morgan fingerprint density at radius 1 is 1.38 bits per heavy atom. The number of thioether (sulfide) groups is 1. The van der Waals surface area contributed by atoms with Gasteiger partial charge in [-0.1, -0.05) is 41.3 Å². The van der Waals surface area contributed by atoms with Gasteiger partial charge < -0.3 is 10.3 Å². The summed E-state index contributed by atoms with van der Waals surface area (Å²) in [7, 11) is 0. The Morgan fingerprint density at radius 3 is 2.96 bits per heavy atom. The standard InChI is InChI=1S/C17H18N4OS2/c1-9-14(12-5-3-4-6-13(12)18-9)15(22)10(2)23-17-21-20-16(24-17)19-11-7-8-11/h3-6,10-11,18H,7-8H2,1-2H3,(H,19,20)/t10-/m1/s1. The minimum atomic E-state index is -0.204. The Labute approximate surface area is 148 Å². The number of aromatic amines is 1. The second-order valence-corrected chi connectivity index (χ2v) is 8.65. The predicted octanol–water partition coefficient (Wildman–Crippen LogP) is 4.27. The van der Waals surface area contributed by atoms with Crippen molar-refractivity contribution in [3.8, 4) is 0 Å². The van der Waals surface area contributed by atoms with Gasteiger partial charge in [-0.15, -0.1) is 10.2 Å². The summed E-state index contributed by atoms with van der Waals surface area (Å²) in [6.45, 7) is 3.89. The van der Waals surface area contributed by atoms with E-state index in [4.69, 9.17) is 0 Å². The van der Waals surface area contributed by atoms with Crippen molar-refractivity contribution in [2.75, 3.05) is 5.32 Å². The first kappa shape index (κ1) is 15.7. The molecule has 0 aliphatic heterocycles. The number of carbonyl (C=O) groups is 1. The van der Waals surface area contributed by atoms with Crippen molar-refractivity contribution in [3.05, 3.63) is 35.5 Å². The van der Waals surface area contributed by atoms with E-state index in [-0.39, 0.29) is 11.0 Å². The molecule has 0 saturated heterocycles. The third-order valence-electron chi connectivity index (χ3n) is 4.10. The Kier molecular flexibility index (Phi) is 4.05. The van der Waals surface area contributed by atoms with Crippen LogP contribution >= 0.6 is 23.1 Å². The molecule has 1 aliphatic carbocycles. The van der Waals surface area contributed by atoms with Crippen molar-refractivity contribution in [2.24, 2.45) is 0 Å². The summed E-state index contributed by atoms with van der Waals surface area (Å²) < 4.78 is 0.830. The maximum Gasteiger partial charge on any atom is 0.206 e. The number of Topliss-reactive ketones (excluding diaryl/α,β-unsaturated/α-hetero) is 1. The van der Waals surface area contributed by atoms with Crippen LogP contribution in [0.3, 0.4) is 0 Å². The first-order valence-corrected chi connectivity index (χ1v) is 9.69. The molecule has 24 heavy (non-hydrogen) atoms. The van der Waals surface area contributed by atoms with Crippen LogP contribution < -0.4 is 5.32 Å². The summed E-state index contributed by atoms with van der Waals surface area (Å²) in [5.74, 6) is 0.127. The molecule has 1 aromatic carbocycles. The van der Waals surface area contributed by atoms with Crippen LogP contribution in [0, 0.1) is 6.92 Å². The van der Waals surface area contributed by atoms with Gasteiger partial charge in [0.25, 0.3) is 0 Å². The number of nitrogens with zero attached hydrogens (tertiary/aromatic N) is 2. The number of aryl methyl sites for hydroxylation is 1. The number of benzene rings is 1. The molecule has 2 heterocycles. The van der Waals surface area contributed by atoms with Gasteiger partial charge in [-0.25, -0.2) is 0 Å². The number of hydrogen-bond donors (Lipinski definition) is 2. The topological polar surface area (TPSA) is 70.7 Å². The average molecular weight is 358 g/mol. The molecular weight excluding hydrogens is 340 g/mol. The monoisotopic (exact) mass is 358 g/mol. The number of carbonyl (C=O) groups excluding carboxylic acids is 1. The minimum Gasteiger partial charge on any atom is -0.358 e. The van der Waals surface area contributed by atoms with Gasteiger partial charge in [0.05, 0.1) is 5.25 Å². The molecule has 0 unspecified atom stereocenters. The zero-order valence-corrected chi connectivity index (χ0v) is 15.1. The van der Waals surface area contributed by atoms with Crippen LogP contribution in [0.5, 0.6) is 0 Å². The molecule has 2 N–H and O–H groups in total. The third-order valence-corrected chi connectivity index (χ3v) is 6.14. The summed E-state index contributed by atoms with van der Waals surface area (Å²) >= 11 is 3.00. The molecule has 0 amide bonds. The lowest BCUT2D eigenvalue weighted by molar-refractivity contribution is 0.0995. The van der Waals surface area contributed by atoms with Crippen LogP contribution in [-0.4, -0.2) is 32.3 Å². The number of anilines is 1. The number of ketones is 1. The Balaban J connectivity index is 1.52. The number of fused-ring (bicyclic) bond motifs is 1. The molecule has 1 aliphatic rings. The van der Waals surface area contributed by atoms with Gasteiger partial charge in [0.1, 0.15) is 0 Å². The van der Waals surface area contributed by atoms with Crippen molar-refractivity contribution in [2.45, 2.75) is 42.3 Å². The molecule has 1 saturated carbocycles. The van der Waals surface area contributed by atoms with Crippen LogP contribution in [-0.2, 0) is 0 Å². The first-order valence-electron chi connectivity index (χ1n) is 8.00. The lowest BCUT2D eigenvalue weighted by Gasteiger charge is -2.08. The van der Waals surface area contributed by atoms with E-state index in [0.29, 0.717) is 6.04 Å². The Bertz CT molecular complexity index is 897. The van der Waals surface area contributed by atoms with E-state index in [1.54, 1.807) is 0 Å². The highest BCUT2D eigenvalue weighted by molar-refractivity contribution is 8.02. The van der Waals surface area contributed by atoms with E-state index in [1.807, 2.05) is 38.1 Å². The van der Waals surface area contributed by atoms with Gasteiger partial charge in [-0.3, -0.25) is 4.79 Å². The largest absolute Gasteiger partial charge is 0.358 e. The van der Waals surface area contributed by atoms with Gasteiger partial charge >= 0.3 is 0 Å². The minimum absolute atomic E-state index is 0.127. The van der Waals surface area contributed by atoms with E-state index in [9.17, 15) is 4.79 Å². The number of rotatable bonds is 6. The van der Waals surface area contributed by atoms with Crippen molar-refractivity contribution >= 4 is 44.9 Å². The molecule has 2 aromatic heterocycles.